The third-order valence-corrected chi connectivity index (χ3v) is 4.98. The number of ether oxygens (including phenoxy) is 2. The normalized spacial score (nSPS) is 22.6. The first-order valence-electron chi connectivity index (χ1n) is 8.59. The second-order valence-corrected chi connectivity index (χ2v) is 6.85. The van der Waals surface area contributed by atoms with Crippen molar-refractivity contribution in [1.82, 2.24) is 4.98 Å². The van der Waals surface area contributed by atoms with Crippen molar-refractivity contribution in [2.24, 2.45) is 0 Å². The zero-order valence-corrected chi connectivity index (χ0v) is 14.4. The van der Waals surface area contributed by atoms with Gasteiger partial charge in [-0.15, -0.1) is 0 Å². The molecule has 7 nitrogen and oxygen atoms in total. The highest BCUT2D eigenvalue weighted by Crippen LogP contribution is 2.38. The fourth-order valence-corrected chi connectivity index (χ4v) is 3.80. The van der Waals surface area contributed by atoms with Crippen LogP contribution in [0, 0.1) is 17.0 Å². The molecule has 25 heavy (non-hydrogen) atoms. The average Bonchev–Trinajstić information content (AvgIpc) is 2.94. The van der Waals surface area contributed by atoms with Crippen molar-refractivity contribution in [1.29, 1.82) is 0 Å². The molecule has 2 aliphatic heterocycles. The van der Waals surface area contributed by atoms with E-state index in [1.54, 1.807) is 6.07 Å². The molecular formula is C18H21N3O4. The number of para-hydroxylation sites is 1. The van der Waals surface area contributed by atoms with Crippen LogP contribution in [-0.4, -0.2) is 41.5 Å². The van der Waals surface area contributed by atoms with E-state index in [4.69, 9.17) is 9.47 Å². The molecule has 0 amide bonds. The van der Waals surface area contributed by atoms with Crippen molar-refractivity contribution in [3.05, 3.63) is 40.1 Å². The van der Waals surface area contributed by atoms with E-state index in [-0.39, 0.29) is 16.7 Å². The summed E-state index contributed by atoms with van der Waals surface area (Å²) in [7, 11) is 0. The Balaban J connectivity index is 1.68. The van der Waals surface area contributed by atoms with Crippen molar-refractivity contribution in [2.45, 2.75) is 38.6 Å². The summed E-state index contributed by atoms with van der Waals surface area (Å²) in [5.41, 5.74) is 2.27. The van der Waals surface area contributed by atoms with Gasteiger partial charge in [0.1, 0.15) is 0 Å². The van der Waals surface area contributed by atoms with Gasteiger partial charge in [0.05, 0.1) is 17.6 Å². The summed E-state index contributed by atoms with van der Waals surface area (Å²) in [5, 5.41) is 12.2. The van der Waals surface area contributed by atoms with Crippen molar-refractivity contribution >= 4 is 22.3 Å². The lowest BCUT2D eigenvalue weighted by Gasteiger charge is -2.39. The summed E-state index contributed by atoms with van der Waals surface area (Å²) in [6.07, 6.45) is 1.71. The highest BCUT2D eigenvalue weighted by Gasteiger charge is 2.42. The van der Waals surface area contributed by atoms with E-state index in [9.17, 15) is 10.1 Å². The molecule has 0 saturated carbocycles. The van der Waals surface area contributed by atoms with Crippen LogP contribution in [0.1, 0.15) is 25.5 Å². The first-order valence-corrected chi connectivity index (χ1v) is 8.59. The van der Waals surface area contributed by atoms with Gasteiger partial charge in [-0.05, 0) is 19.9 Å². The topological polar surface area (TPSA) is 77.7 Å². The number of fused-ring (bicyclic) bond motifs is 1. The Labute approximate surface area is 145 Å². The fraction of sp³-hybridized carbons (Fsp3) is 0.500. The molecule has 2 aliphatic rings. The van der Waals surface area contributed by atoms with Crippen LogP contribution in [0.25, 0.3) is 10.9 Å². The molecule has 2 saturated heterocycles. The minimum atomic E-state index is -0.459. The van der Waals surface area contributed by atoms with Crippen molar-refractivity contribution in [2.75, 3.05) is 24.6 Å². The number of nitro groups is 1. The molecule has 2 fully saturated rings. The first-order chi connectivity index (χ1) is 12.0. The molecule has 132 valence electrons. The smallest absolute Gasteiger partial charge is 0.295 e. The van der Waals surface area contributed by atoms with E-state index < -0.39 is 5.79 Å². The Morgan fingerprint density at radius 3 is 2.76 bits per heavy atom. The van der Waals surface area contributed by atoms with Crippen LogP contribution >= 0.6 is 0 Å². The second kappa shape index (κ2) is 5.93. The number of piperidine rings is 1. The molecule has 0 N–H and O–H groups in total. The number of hydrogen-bond donors (Lipinski definition) is 0. The number of benzene rings is 1. The fourth-order valence-electron chi connectivity index (χ4n) is 3.80. The SMILES string of the molecule is Cc1cc(N2CCC3(CC2)OCC(C)O3)c2cccc([N+](=O)[O-])c2n1. The molecule has 0 bridgehead atoms. The summed E-state index contributed by atoms with van der Waals surface area (Å²) in [4.78, 5) is 17.6. The van der Waals surface area contributed by atoms with Gasteiger partial charge in [-0.3, -0.25) is 10.1 Å². The minimum absolute atomic E-state index is 0.0483. The first kappa shape index (κ1) is 16.2. The summed E-state index contributed by atoms with van der Waals surface area (Å²) in [6.45, 7) is 6.11. The monoisotopic (exact) mass is 343 g/mol. The zero-order valence-electron chi connectivity index (χ0n) is 14.4. The van der Waals surface area contributed by atoms with E-state index in [0.717, 1.165) is 42.7 Å². The number of aryl methyl sites for hydroxylation is 1. The predicted molar refractivity (Wildman–Crippen MR) is 93.8 cm³/mol. The quantitative estimate of drug-likeness (QED) is 0.615. The number of nitrogens with zero attached hydrogens (tertiary/aromatic N) is 3. The maximum absolute atomic E-state index is 11.3. The van der Waals surface area contributed by atoms with Gasteiger partial charge in [-0.25, -0.2) is 4.98 Å². The van der Waals surface area contributed by atoms with Crippen LogP contribution in [0.2, 0.25) is 0 Å². The maximum atomic E-state index is 11.3. The Hall–Kier alpha value is -2.25. The van der Waals surface area contributed by atoms with Gasteiger partial charge in [0.2, 0.25) is 0 Å². The zero-order chi connectivity index (χ0) is 17.6. The molecule has 0 aliphatic carbocycles. The third-order valence-electron chi connectivity index (χ3n) is 4.98. The summed E-state index contributed by atoms with van der Waals surface area (Å²) in [5.74, 6) is -0.459. The molecule has 1 atom stereocenters. The lowest BCUT2D eigenvalue weighted by atomic mass is 10.0. The molecule has 7 heteroatoms. The molecule has 4 rings (SSSR count). The van der Waals surface area contributed by atoms with Crippen molar-refractivity contribution < 1.29 is 14.4 Å². The van der Waals surface area contributed by atoms with Crippen molar-refractivity contribution in [3.8, 4) is 0 Å². The number of non-ortho nitro benzene ring substituents is 1. The number of hydrogen-bond acceptors (Lipinski definition) is 6. The molecule has 1 aromatic carbocycles. The van der Waals surface area contributed by atoms with E-state index in [0.29, 0.717) is 12.1 Å². The van der Waals surface area contributed by atoms with Gasteiger partial charge >= 0.3 is 0 Å². The summed E-state index contributed by atoms with van der Waals surface area (Å²) < 4.78 is 11.9. The molecular weight excluding hydrogens is 322 g/mol. The Bertz CT molecular complexity index is 830. The van der Waals surface area contributed by atoms with E-state index in [1.807, 2.05) is 26.0 Å². The van der Waals surface area contributed by atoms with E-state index >= 15 is 0 Å². The number of nitro benzene ring substituents is 1. The van der Waals surface area contributed by atoms with Gasteiger partial charge in [-0.2, -0.15) is 0 Å². The molecule has 1 unspecified atom stereocenters. The molecule has 0 radical (unpaired) electrons. The standard InChI is InChI=1S/C18H21N3O4/c1-12-10-16(14-4-3-5-15(21(22)23)17(14)19-12)20-8-6-18(7-9-20)24-11-13(2)25-18/h3-5,10,13H,6-9,11H2,1-2H3. The van der Waals surface area contributed by atoms with Crippen LogP contribution in [0.3, 0.4) is 0 Å². The number of anilines is 1. The van der Waals surface area contributed by atoms with E-state index in [2.05, 4.69) is 9.88 Å². The molecule has 1 spiro atoms. The van der Waals surface area contributed by atoms with Crippen LogP contribution < -0.4 is 4.90 Å². The second-order valence-electron chi connectivity index (χ2n) is 6.85. The summed E-state index contributed by atoms with van der Waals surface area (Å²) >= 11 is 0. The van der Waals surface area contributed by atoms with Crippen molar-refractivity contribution in [3.63, 3.8) is 0 Å². The number of pyridine rings is 1. The molecule has 2 aromatic rings. The summed E-state index contributed by atoms with van der Waals surface area (Å²) in [6, 6.07) is 7.13. The van der Waals surface area contributed by atoms with Gasteiger partial charge in [0.25, 0.3) is 5.69 Å². The number of rotatable bonds is 2. The van der Waals surface area contributed by atoms with E-state index in [1.165, 1.54) is 6.07 Å². The lowest BCUT2D eigenvalue weighted by molar-refractivity contribution is -0.383. The van der Waals surface area contributed by atoms with Gasteiger partial charge < -0.3 is 14.4 Å². The lowest BCUT2D eigenvalue weighted by Crippen LogP contribution is -2.45. The largest absolute Gasteiger partial charge is 0.371 e. The van der Waals surface area contributed by atoms with Gasteiger partial charge in [0.15, 0.2) is 11.3 Å². The average molecular weight is 343 g/mol. The van der Waals surface area contributed by atoms with Crippen LogP contribution in [0.15, 0.2) is 24.3 Å². The van der Waals surface area contributed by atoms with Gasteiger partial charge in [0, 0.05) is 48.8 Å². The molecule has 1 aromatic heterocycles. The Morgan fingerprint density at radius 1 is 1.36 bits per heavy atom. The Morgan fingerprint density at radius 2 is 2.12 bits per heavy atom. The molecule has 3 heterocycles. The predicted octanol–water partition coefficient (Wildman–Crippen LogP) is 3.18. The minimum Gasteiger partial charge on any atom is -0.371 e. The third kappa shape index (κ3) is 2.83. The number of aromatic nitrogens is 1. The Kier molecular flexibility index (Phi) is 3.85. The van der Waals surface area contributed by atoms with Crippen LogP contribution in [0.5, 0.6) is 0 Å². The van der Waals surface area contributed by atoms with Gasteiger partial charge in [-0.1, -0.05) is 12.1 Å². The highest BCUT2D eigenvalue weighted by atomic mass is 16.7. The highest BCUT2D eigenvalue weighted by molar-refractivity contribution is 5.97. The van der Waals surface area contributed by atoms with Crippen LogP contribution in [0.4, 0.5) is 11.4 Å². The van der Waals surface area contributed by atoms with Crippen LogP contribution in [-0.2, 0) is 9.47 Å². The maximum Gasteiger partial charge on any atom is 0.295 e.